The number of amides is 1. The van der Waals surface area contributed by atoms with Gasteiger partial charge in [-0.3, -0.25) is 4.79 Å². The number of carbonyl (C=O) groups is 2. The number of benzene rings is 2. The van der Waals surface area contributed by atoms with Crippen LogP contribution in [0.15, 0.2) is 71.3 Å². The normalized spacial score (nSPS) is 15.7. The Morgan fingerprint density at radius 2 is 1.96 bits per heavy atom. The lowest BCUT2D eigenvalue weighted by atomic mass is 9.98. The van der Waals surface area contributed by atoms with Crippen LogP contribution in [-0.4, -0.2) is 18.0 Å². The second-order valence-corrected chi connectivity index (χ2v) is 6.24. The molecule has 6 heteroatoms. The molecule has 1 atom stereocenters. The van der Waals surface area contributed by atoms with Gasteiger partial charge in [-0.15, -0.1) is 0 Å². The van der Waals surface area contributed by atoms with E-state index in [0.29, 0.717) is 17.0 Å². The lowest BCUT2D eigenvalue weighted by molar-refractivity contribution is -0.127. The third-order valence-electron chi connectivity index (χ3n) is 4.45. The highest BCUT2D eigenvalue weighted by atomic mass is 19.1. The van der Waals surface area contributed by atoms with Crippen molar-refractivity contribution < 1.29 is 23.1 Å². The Balaban J connectivity index is 1.65. The Morgan fingerprint density at radius 1 is 1.11 bits per heavy atom. The van der Waals surface area contributed by atoms with Crippen molar-refractivity contribution in [3.8, 4) is 0 Å². The first kappa shape index (κ1) is 17.0. The number of ether oxygens (including phenoxy) is 1. The second-order valence-electron chi connectivity index (χ2n) is 6.24. The number of esters is 1. The van der Waals surface area contributed by atoms with Crippen molar-refractivity contribution >= 4 is 17.6 Å². The van der Waals surface area contributed by atoms with Crippen LogP contribution in [0.2, 0.25) is 0 Å². The standard InChI is InChI=1S/C21H16FNO4/c22-15-6-3-7-16(12-15)23(13-17-8-4-10-26-17)20(24)19-11-14-5-1-2-9-18(14)21(25)27-19/h1-10,12,19H,11,13H2/t19-/m0/s1. The maximum Gasteiger partial charge on any atom is 0.339 e. The molecule has 2 heterocycles. The number of anilines is 1. The Morgan fingerprint density at radius 3 is 2.74 bits per heavy atom. The first-order chi connectivity index (χ1) is 13.1. The molecule has 0 fully saturated rings. The van der Waals surface area contributed by atoms with Gasteiger partial charge in [0.05, 0.1) is 18.4 Å². The van der Waals surface area contributed by atoms with E-state index in [4.69, 9.17) is 9.15 Å². The molecule has 1 aliphatic rings. The number of rotatable bonds is 4. The summed E-state index contributed by atoms with van der Waals surface area (Å²) in [5.41, 5.74) is 1.58. The molecule has 0 radical (unpaired) electrons. The lowest BCUT2D eigenvalue weighted by Gasteiger charge is -2.29. The molecule has 5 nitrogen and oxygen atoms in total. The van der Waals surface area contributed by atoms with Gasteiger partial charge in [-0.1, -0.05) is 24.3 Å². The van der Waals surface area contributed by atoms with E-state index in [1.807, 2.05) is 6.07 Å². The van der Waals surface area contributed by atoms with E-state index in [1.54, 1.807) is 36.4 Å². The van der Waals surface area contributed by atoms with Crippen LogP contribution >= 0.6 is 0 Å². The summed E-state index contributed by atoms with van der Waals surface area (Å²) in [6, 6.07) is 16.2. The smallest absolute Gasteiger partial charge is 0.339 e. The molecule has 1 aliphatic heterocycles. The van der Waals surface area contributed by atoms with Crippen LogP contribution in [0.1, 0.15) is 21.7 Å². The first-order valence-corrected chi connectivity index (χ1v) is 8.50. The quantitative estimate of drug-likeness (QED) is 0.661. The average Bonchev–Trinajstić information content (AvgIpc) is 3.19. The molecule has 1 aromatic heterocycles. The fourth-order valence-electron chi connectivity index (χ4n) is 3.14. The van der Waals surface area contributed by atoms with Crippen molar-refractivity contribution in [3.05, 3.63) is 89.6 Å². The highest BCUT2D eigenvalue weighted by Crippen LogP contribution is 2.25. The highest BCUT2D eigenvalue weighted by molar-refractivity contribution is 6.01. The molecule has 136 valence electrons. The van der Waals surface area contributed by atoms with E-state index >= 15 is 0 Å². The molecule has 0 aliphatic carbocycles. The average molecular weight is 365 g/mol. The monoisotopic (exact) mass is 365 g/mol. The SMILES string of the molecule is O=C1O[C@H](C(=O)N(Cc2ccco2)c2cccc(F)c2)Cc2ccccc21. The molecule has 4 rings (SSSR count). The summed E-state index contributed by atoms with van der Waals surface area (Å²) in [7, 11) is 0. The van der Waals surface area contributed by atoms with E-state index in [0.717, 1.165) is 5.56 Å². The molecule has 0 saturated carbocycles. The third kappa shape index (κ3) is 3.46. The van der Waals surface area contributed by atoms with Gasteiger partial charge in [0.1, 0.15) is 11.6 Å². The Kier molecular flexibility index (Phi) is 4.46. The zero-order valence-corrected chi connectivity index (χ0v) is 14.3. The molecule has 27 heavy (non-hydrogen) atoms. The molecule has 1 amide bonds. The Bertz CT molecular complexity index is 983. The minimum Gasteiger partial charge on any atom is -0.467 e. The molecule has 0 unspecified atom stereocenters. The number of cyclic esters (lactones) is 1. The predicted octanol–water partition coefficient (Wildman–Crippen LogP) is 3.73. The molecule has 2 aromatic carbocycles. The van der Waals surface area contributed by atoms with Crippen LogP contribution in [0.3, 0.4) is 0 Å². The summed E-state index contributed by atoms with van der Waals surface area (Å²) in [6.45, 7) is 0.102. The predicted molar refractivity (Wildman–Crippen MR) is 95.6 cm³/mol. The van der Waals surface area contributed by atoms with Crippen molar-refractivity contribution in [3.63, 3.8) is 0 Å². The minimum atomic E-state index is -0.981. The largest absolute Gasteiger partial charge is 0.467 e. The van der Waals surface area contributed by atoms with Crippen molar-refractivity contribution in [1.29, 1.82) is 0 Å². The number of nitrogens with zero attached hydrogens (tertiary/aromatic N) is 1. The maximum atomic E-state index is 13.7. The van der Waals surface area contributed by atoms with Crippen molar-refractivity contribution in [1.82, 2.24) is 0 Å². The molecule has 0 N–H and O–H groups in total. The number of hydrogen-bond donors (Lipinski definition) is 0. The molecule has 0 spiro atoms. The van der Waals surface area contributed by atoms with E-state index in [2.05, 4.69) is 0 Å². The maximum absolute atomic E-state index is 13.7. The fraction of sp³-hybridized carbons (Fsp3) is 0.143. The van der Waals surface area contributed by atoms with Gasteiger partial charge in [0.15, 0.2) is 6.10 Å². The van der Waals surface area contributed by atoms with Gasteiger partial charge < -0.3 is 14.1 Å². The first-order valence-electron chi connectivity index (χ1n) is 8.50. The van der Waals surface area contributed by atoms with Gasteiger partial charge in [0.25, 0.3) is 5.91 Å². The summed E-state index contributed by atoms with van der Waals surface area (Å²) in [6.07, 6.45) is 0.788. The summed E-state index contributed by atoms with van der Waals surface area (Å²) in [5, 5.41) is 0. The summed E-state index contributed by atoms with van der Waals surface area (Å²) in [4.78, 5) is 26.8. The van der Waals surface area contributed by atoms with Crippen LogP contribution in [0.4, 0.5) is 10.1 Å². The van der Waals surface area contributed by atoms with Gasteiger partial charge in [0.2, 0.25) is 0 Å². The zero-order chi connectivity index (χ0) is 18.8. The number of hydrogen-bond acceptors (Lipinski definition) is 4. The summed E-state index contributed by atoms with van der Waals surface area (Å²) < 4.78 is 24.4. The van der Waals surface area contributed by atoms with Crippen LogP contribution in [0, 0.1) is 5.82 Å². The molecule has 0 bridgehead atoms. The molecule has 3 aromatic rings. The van der Waals surface area contributed by atoms with Crippen molar-refractivity contribution in [2.45, 2.75) is 19.1 Å². The number of fused-ring (bicyclic) bond motifs is 1. The molecular formula is C21H16FNO4. The van der Waals surface area contributed by atoms with Crippen LogP contribution in [-0.2, 0) is 22.5 Å². The van der Waals surface area contributed by atoms with Crippen molar-refractivity contribution in [2.75, 3.05) is 4.90 Å². The number of halogens is 1. The minimum absolute atomic E-state index is 0.102. The van der Waals surface area contributed by atoms with E-state index in [1.165, 1.54) is 29.4 Å². The number of furan rings is 1. The summed E-state index contributed by atoms with van der Waals surface area (Å²) in [5.74, 6) is -0.891. The summed E-state index contributed by atoms with van der Waals surface area (Å²) >= 11 is 0. The Hall–Kier alpha value is -3.41. The van der Waals surface area contributed by atoms with Crippen molar-refractivity contribution in [2.24, 2.45) is 0 Å². The topological polar surface area (TPSA) is 59.8 Å². The Labute approximate surface area is 155 Å². The van der Waals surface area contributed by atoms with Gasteiger partial charge in [-0.25, -0.2) is 9.18 Å². The van der Waals surface area contributed by atoms with Crippen LogP contribution in [0.5, 0.6) is 0 Å². The molecular weight excluding hydrogens is 349 g/mol. The van der Waals surface area contributed by atoms with Gasteiger partial charge >= 0.3 is 5.97 Å². The van der Waals surface area contributed by atoms with Gasteiger partial charge in [-0.05, 0) is 42.0 Å². The van der Waals surface area contributed by atoms with E-state index in [-0.39, 0.29) is 13.0 Å². The molecule has 0 saturated heterocycles. The van der Waals surface area contributed by atoms with Crippen LogP contribution < -0.4 is 4.90 Å². The highest BCUT2D eigenvalue weighted by Gasteiger charge is 2.34. The fourth-order valence-corrected chi connectivity index (χ4v) is 3.14. The van der Waals surface area contributed by atoms with E-state index in [9.17, 15) is 14.0 Å². The zero-order valence-electron chi connectivity index (χ0n) is 14.3. The number of carbonyl (C=O) groups excluding carboxylic acids is 2. The van der Waals surface area contributed by atoms with Gasteiger partial charge in [0, 0.05) is 12.1 Å². The van der Waals surface area contributed by atoms with Gasteiger partial charge in [-0.2, -0.15) is 0 Å². The second kappa shape index (κ2) is 7.07. The lowest BCUT2D eigenvalue weighted by Crippen LogP contribution is -2.44. The van der Waals surface area contributed by atoms with Crippen LogP contribution in [0.25, 0.3) is 0 Å². The van der Waals surface area contributed by atoms with E-state index < -0.39 is 23.8 Å². The third-order valence-corrected chi connectivity index (χ3v) is 4.45.